The van der Waals surface area contributed by atoms with Crippen molar-refractivity contribution in [2.75, 3.05) is 18.0 Å². The number of pyridine rings is 1. The first kappa shape index (κ1) is 15.1. The molecule has 0 aliphatic carbocycles. The topological polar surface area (TPSA) is 42.1 Å². The molecule has 0 spiro atoms. The average molecular weight is 310 g/mol. The molecule has 0 amide bonds. The van der Waals surface area contributed by atoms with Gasteiger partial charge in [0, 0.05) is 19.3 Å². The molecule has 0 bridgehead atoms. The highest BCUT2D eigenvalue weighted by molar-refractivity contribution is 6.36. The van der Waals surface area contributed by atoms with E-state index in [4.69, 9.17) is 28.9 Å². The molecule has 0 unspecified atom stereocenters. The van der Waals surface area contributed by atoms with Crippen LogP contribution in [0, 0.1) is 0 Å². The molecule has 5 heteroatoms. The number of hydrogen-bond donors (Lipinski definition) is 1. The number of rotatable bonds is 6. The third-order valence-corrected chi connectivity index (χ3v) is 3.42. The highest BCUT2D eigenvalue weighted by atomic mass is 35.5. The van der Waals surface area contributed by atoms with E-state index >= 15 is 0 Å². The van der Waals surface area contributed by atoms with Crippen molar-refractivity contribution in [2.45, 2.75) is 13.0 Å². The summed E-state index contributed by atoms with van der Waals surface area (Å²) in [6, 6.07) is 11.9. The first-order valence-corrected chi connectivity index (χ1v) is 7.26. The monoisotopic (exact) mass is 309 g/mol. The molecule has 2 rings (SSSR count). The molecule has 0 fully saturated rings. The lowest BCUT2D eigenvalue weighted by Gasteiger charge is -2.24. The second-order valence-corrected chi connectivity index (χ2v) is 5.35. The van der Waals surface area contributed by atoms with Crippen LogP contribution in [0.25, 0.3) is 0 Å². The number of aromatic nitrogens is 1. The Hall–Kier alpha value is -1.29. The zero-order chi connectivity index (χ0) is 14.4. The quantitative estimate of drug-likeness (QED) is 0.883. The van der Waals surface area contributed by atoms with Crippen LogP contribution in [-0.4, -0.2) is 18.1 Å². The van der Waals surface area contributed by atoms with Crippen molar-refractivity contribution in [2.24, 2.45) is 5.73 Å². The summed E-state index contributed by atoms with van der Waals surface area (Å²) in [6.45, 7) is 2.19. The highest BCUT2D eigenvalue weighted by Gasteiger charge is 2.12. The minimum atomic E-state index is 0.539. The lowest BCUT2D eigenvalue weighted by Crippen LogP contribution is -2.26. The Morgan fingerprint density at radius 1 is 1.15 bits per heavy atom. The van der Waals surface area contributed by atoms with Gasteiger partial charge in [-0.25, -0.2) is 4.98 Å². The maximum Gasteiger partial charge on any atom is 0.147 e. The fourth-order valence-corrected chi connectivity index (χ4v) is 2.49. The van der Waals surface area contributed by atoms with E-state index in [0.29, 0.717) is 16.6 Å². The van der Waals surface area contributed by atoms with Gasteiger partial charge in [0.15, 0.2) is 0 Å². The van der Waals surface area contributed by atoms with Gasteiger partial charge in [-0.3, -0.25) is 0 Å². The zero-order valence-electron chi connectivity index (χ0n) is 11.1. The number of benzene rings is 1. The van der Waals surface area contributed by atoms with Gasteiger partial charge in [0.1, 0.15) is 5.82 Å². The van der Waals surface area contributed by atoms with Crippen LogP contribution in [0.3, 0.4) is 0 Å². The third kappa shape index (κ3) is 4.10. The molecule has 2 N–H and O–H groups in total. The van der Waals surface area contributed by atoms with Gasteiger partial charge in [-0.2, -0.15) is 0 Å². The molecule has 3 nitrogen and oxygen atoms in total. The molecule has 1 aromatic carbocycles. The van der Waals surface area contributed by atoms with E-state index < -0.39 is 0 Å². The average Bonchev–Trinajstić information content (AvgIpc) is 2.45. The fraction of sp³-hybridized carbons (Fsp3) is 0.267. The molecule has 0 saturated heterocycles. The van der Waals surface area contributed by atoms with Gasteiger partial charge >= 0.3 is 0 Å². The number of halogens is 2. The predicted octanol–water partition coefficient (Wildman–Crippen LogP) is 3.74. The fourth-order valence-electron chi connectivity index (χ4n) is 1.99. The zero-order valence-corrected chi connectivity index (χ0v) is 12.6. The molecule has 1 aromatic heterocycles. The summed E-state index contributed by atoms with van der Waals surface area (Å²) >= 11 is 12.2. The Bertz CT molecular complexity index is 546. The van der Waals surface area contributed by atoms with Crippen LogP contribution in [0.1, 0.15) is 12.0 Å². The number of nitrogens with two attached hydrogens (primary N) is 1. The molecule has 0 saturated carbocycles. The van der Waals surface area contributed by atoms with E-state index in [0.717, 1.165) is 25.3 Å². The summed E-state index contributed by atoms with van der Waals surface area (Å²) in [5.41, 5.74) is 6.82. The number of hydrogen-bond acceptors (Lipinski definition) is 3. The van der Waals surface area contributed by atoms with E-state index in [2.05, 4.69) is 22.0 Å². The van der Waals surface area contributed by atoms with Crippen molar-refractivity contribution in [3.05, 3.63) is 58.2 Å². The van der Waals surface area contributed by atoms with Gasteiger partial charge in [-0.15, -0.1) is 0 Å². The highest BCUT2D eigenvalue weighted by Crippen LogP contribution is 2.27. The van der Waals surface area contributed by atoms with Gasteiger partial charge in [0.25, 0.3) is 0 Å². The number of anilines is 1. The van der Waals surface area contributed by atoms with Crippen LogP contribution >= 0.6 is 23.2 Å². The maximum atomic E-state index is 6.25. The normalized spacial score (nSPS) is 10.6. The van der Waals surface area contributed by atoms with Crippen LogP contribution in [0.5, 0.6) is 0 Å². The van der Waals surface area contributed by atoms with Crippen LogP contribution in [0.15, 0.2) is 42.6 Å². The molecular formula is C15H17Cl2N3. The Morgan fingerprint density at radius 3 is 2.55 bits per heavy atom. The Labute approximate surface area is 129 Å². The molecule has 20 heavy (non-hydrogen) atoms. The SMILES string of the molecule is NCCCN(Cc1ccccc1)c1ncc(Cl)cc1Cl. The standard InChI is InChI=1S/C15H17Cl2N3/c16-13-9-14(17)15(19-10-13)20(8-4-7-18)11-12-5-2-1-3-6-12/h1-3,5-6,9-10H,4,7-8,11,18H2. The van der Waals surface area contributed by atoms with Crippen LogP contribution < -0.4 is 10.6 Å². The summed E-state index contributed by atoms with van der Waals surface area (Å²) in [5.74, 6) is 0.744. The summed E-state index contributed by atoms with van der Waals surface area (Å²) < 4.78 is 0. The largest absolute Gasteiger partial charge is 0.351 e. The van der Waals surface area contributed by atoms with Gasteiger partial charge < -0.3 is 10.6 Å². The molecule has 0 atom stereocenters. The molecule has 2 aromatic rings. The Kier molecular flexibility index (Phi) is 5.65. The Balaban J connectivity index is 2.22. The summed E-state index contributed by atoms with van der Waals surface area (Å²) in [5, 5.41) is 1.10. The first-order chi connectivity index (χ1) is 9.70. The predicted molar refractivity (Wildman–Crippen MR) is 85.4 cm³/mol. The van der Waals surface area contributed by atoms with Crippen molar-refractivity contribution in [3.8, 4) is 0 Å². The van der Waals surface area contributed by atoms with Crippen molar-refractivity contribution < 1.29 is 0 Å². The lowest BCUT2D eigenvalue weighted by molar-refractivity contribution is 0.726. The minimum absolute atomic E-state index is 0.539. The van der Waals surface area contributed by atoms with Crippen LogP contribution in [0.4, 0.5) is 5.82 Å². The first-order valence-electron chi connectivity index (χ1n) is 6.50. The molecule has 0 aliphatic heterocycles. The second kappa shape index (κ2) is 7.48. The van der Waals surface area contributed by atoms with Crippen LogP contribution in [0.2, 0.25) is 10.0 Å². The summed E-state index contributed by atoms with van der Waals surface area (Å²) in [7, 11) is 0. The minimum Gasteiger partial charge on any atom is -0.351 e. The van der Waals surface area contributed by atoms with Gasteiger partial charge in [0.05, 0.1) is 10.0 Å². The van der Waals surface area contributed by atoms with E-state index in [1.54, 1.807) is 12.3 Å². The number of nitrogens with zero attached hydrogens (tertiary/aromatic N) is 2. The van der Waals surface area contributed by atoms with Crippen molar-refractivity contribution >= 4 is 29.0 Å². The van der Waals surface area contributed by atoms with E-state index in [1.165, 1.54) is 5.56 Å². The third-order valence-electron chi connectivity index (χ3n) is 2.94. The molecule has 0 aliphatic rings. The summed E-state index contributed by atoms with van der Waals surface area (Å²) in [6.07, 6.45) is 2.50. The molecule has 0 radical (unpaired) electrons. The maximum absolute atomic E-state index is 6.25. The van der Waals surface area contributed by atoms with E-state index in [9.17, 15) is 0 Å². The van der Waals surface area contributed by atoms with E-state index in [-0.39, 0.29) is 0 Å². The van der Waals surface area contributed by atoms with E-state index in [1.807, 2.05) is 18.2 Å². The smallest absolute Gasteiger partial charge is 0.147 e. The van der Waals surface area contributed by atoms with Gasteiger partial charge in [-0.1, -0.05) is 53.5 Å². The van der Waals surface area contributed by atoms with Gasteiger partial charge in [0.2, 0.25) is 0 Å². The molecule has 106 valence electrons. The van der Waals surface area contributed by atoms with Crippen molar-refractivity contribution in [3.63, 3.8) is 0 Å². The second-order valence-electron chi connectivity index (χ2n) is 4.51. The lowest BCUT2D eigenvalue weighted by atomic mass is 10.2. The Morgan fingerprint density at radius 2 is 1.90 bits per heavy atom. The van der Waals surface area contributed by atoms with Crippen molar-refractivity contribution in [1.82, 2.24) is 4.98 Å². The van der Waals surface area contributed by atoms with Crippen molar-refractivity contribution in [1.29, 1.82) is 0 Å². The van der Waals surface area contributed by atoms with Gasteiger partial charge in [-0.05, 0) is 24.6 Å². The molecule has 1 heterocycles. The van der Waals surface area contributed by atoms with Crippen LogP contribution in [-0.2, 0) is 6.54 Å². The molecular weight excluding hydrogens is 293 g/mol. The summed E-state index contributed by atoms with van der Waals surface area (Å²) in [4.78, 5) is 6.47.